The highest BCUT2D eigenvalue weighted by molar-refractivity contribution is 4.81. The van der Waals surface area contributed by atoms with Crippen LogP contribution in [0.15, 0.2) is 0 Å². The summed E-state index contributed by atoms with van der Waals surface area (Å²) in [6, 6.07) is 1.32. The van der Waals surface area contributed by atoms with Crippen LogP contribution in [-0.4, -0.2) is 30.1 Å². The Bertz CT molecular complexity index is 181. The van der Waals surface area contributed by atoms with Crippen LogP contribution >= 0.6 is 0 Å². The third kappa shape index (κ3) is 2.48. The van der Waals surface area contributed by atoms with Crippen molar-refractivity contribution in [2.45, 2.75) is 57.5 Å². The Morgan fingerprint density at radius 2 is 2.07 bits per heavy atom. The van der Waals surface area contributed by atoms with E-state index in [2.05, 4.69) is 11.8 Å². The number of likely N-dealkylation sites (tertiary alicyclic amines) is 1. The molecule has 1 saturated heterocycles. The summed E-state index contributed by atoms with van der Waals surface area (Å²) >= 11 is 0. The standard InChI is InChI=1S/C12H24N2/c1-10-4-3-7-14(10)9-11-5-2-6-12(13)8-11/h10-12H,2-9,13H2,1H3. The van der Waals surface area contributed by atoms with Gasteiger partial charge in [0.1, 0.15) is 0 Å². The van der Waals surface area contributed by atoms with Crippen LogP contribution in [0.2, 0.25) is 0 Å². The second kappa shape index (κ2) is 4.63. The van der Waals surface area contributed by atoms with Gasteiger partial charge < -0.3 is 10.6 Å². The summed E-state index contributed by atoms with van der Waals surface area (Å²) in [5, 5.41) is 0. The zero-order valence-corrected chi connectivity index (χ0v) is 9.41. The van der Waals surface area contributed by atoms with Gasteiger partial charge in [0.15, 0.2) is 0 Å². The number of nitrogens with two attached hydrogens (primary N) is 1. The van der Waals surface area contributed by atoms with Crippen molar-refractivity contribution in [3.8, 4) is 0 Å². The van der Waals surface area contributed by atoms with E-state index in [1.54, 1.807) is 0 Å². The van der Waals surface area contributed by atoms with E-state index >= 15 is 0 Å². The van der Waals surface area contributed by atoms with E-state index in [-0.39, 0.29) is 0 Å². The van der Waals surface area contributed by atoms with E-state index in [0.29, 0.717) is 6.04 Å². The summed E-state index contributed by atoms with van der Waals surface area (Å²) in [7, 11) is 0. The fourth-order valence-electron chi connectivity index (χ4n) is 3.09. The van der Waals surface area contributed by atoms with Gasteiger partial charge in [0.2, 0.25) is 0 Å². The fraction of sp³-hybridized carbons (Fsp3) is 1.00. The predicted molar refractivity (Wildman–Crippen MR) is 60.2 cm³/mol. The second-order valence-electron chi connectivity index (χ2n) is 5.28. The smallest absolute Gasteiger partial charge is 0.00675 e. The molecule has 0 bridgehead atoms. The number of hydrogen-bond acceptors (Lipinski definition) is 2. The minimum Gasteiger partial charge on any atom is -0.328 e. The van der Waals surface area contributed by atoms with Gasteiger partial charge in [-0.1, -0.05) is 6.42 Å². The van der Waals surface area contributed by atoms with Crippen LogP contribution in [0.3, 0.4) is 0 Å². The lowest BCUT2D eigenvalue weighted by Gasteiger charge is -2.31. The molecule has 0 radical (unpaired) electrons. The maximum atomic E-state index is 6.02. The van der Waals surface area contributed by atoms with Gasteiger partial charge in [0, 0.05) is 18.6 Å². The van der Waals surface area contributed by atoms with Crippen LogP contribution in [-0.2, 0) is 0 Å². The van der Waals surface area contributed by atoms with E-state index in [1.807, 2.05) is 0 Å². The molecular weight excluding hydrogens is 172 g/mol. The Hall–Kier alpha value is -0.0800. The molecule has 2 N–H and O–H groups in total. The predicted octanol–water partition coefficient (Wildman–Crippen LogP) is 1.99. The molecule has 0 aromatic rings. The van der Waals surface area contributed by atoms with Crippen LogP contribution in [0.25, 0.3) is 0 Å². The van der Waals surface area contributed by atoms with Gasteiger partial charge in [-0.05, 0) is 51.5 Å². The maximum absolute atomic E-state index is 6.02. The minimum absolute atomic E-state index is 0.492. The summed E-state index contributed by atoms with van der Waals surface area (Å²) in [4.78, 5) is 2.67. The molecule has 0 amide bonds. The largest absolute Gasteiger partial charge is 0.328 e. The van der Waals surface area contributed by atoms with E-state index in [0.717, 1.165) is 12.0 Å². The third-order valence-corrected chi connectivity index (χ3v) is 4.01. The van der Waals surface area contributed by atoms with Crippen LogP contribution in [0.4, 0.5) is 0 Å². The quantitative estimate of drug-likeness (QED) is 0.732. The highest BCUT2D eigenvalue weighted by atomic mass is 15.2. The minimum atomic E-state index is 0.492. The van der Waals surface area contributed by atoms with Gasteiger partial charge in [-0.15, -0.1) is 0 Å². The molecule has 2 heteroatoms. The number of nitrogens with zero attached hydrogens (tertiary/aromatic N) is 1. The Balaban J connectivity index is 1.78. The van der Waals surface area contributed by atoms with Crippen LogP contribution in [0, 0.1) is 5.92 Å². The molecule has 0 aromatic heterocycles. The molecular formula is C12H24N2. The molecule has 1 aliphatic carbocycles. The number of rotatable bonds is 2. The van der Waals surface area contributed by atoms with Crippen molar-refractivity contribution in [2.75, 3.05) is 13.1 Å². The molecule has 2 fully saturated rings. The molecule has 3 unspecified atom stereocenters. The maximum Gasteiger partial charge on any atom is 0.00675 e. The lowest BCUT2D eigenvalue weighted by molar-refractivity contribution is 0.188. The molecule has 14 heavy (non-hydrogen) atoms. The molecule has 0 aromatic carbocycles. The van der Waals surface area contributed by atoms with E-state index < -0.39 is 0 Å². The van der Waals surface area contributed by atoms with Gasteiger partial charge in [0.05, 0.1) is 0 Å². The molecule has 1 saturated carbocycles. The van der Waals surface area contributed by atoms with Gasteiger partial charge in [0.25, 0.3) is 0 Å². The van der Waals surface area contributed by atoms with Crippen molar-refractivity contribution in [2.24, 2.45) is 11.7 Å². The first kappa shape index (κ1) is 10.4. The molecule has 82 valence electrons. The van der Waals surface area contributed by atoms with Crippen LogP contribution in [0.5, 0.6) is 0 Å². The normalized spacial score (nSPS) is 40.3. The zero-order valence-electron chi connectivity index (χ0n) is 9.41. The summed E-state index contributed by atoms with van der Waals surface area (Å²) in [6.07, 6.45) is 8.10. The van der Waals surface area contributed by atoms with Gasteiger partial charge in [-0.2, -0.15) is 0 Å². The topological polar surface area (TPSA) is 29.3 Å². The highest BCUT2D eigenvalue weighted by Gasteiger charge is 2.26. The first-order valence-corrected chi connectivity index (χ1v) is 6.25. The molecule has 2 rings (SSSR count). The summed E-state index contributed by atoms with van der Waals surface area (Å²) in [6.45, 7) is 5.01. The number of hydrogen-bond donors (Lipinski definition) is 1. The Morgan fingerprint density at radius 1 is 1.21 bits per heavy atom. The van der Waals surface area contributed by atoms with Gasteiger partial charge >= 0.3 is 0 Å². The van der Waals surface area contributed by atoms with Crippen LogP contribution < -0.4 is 5.73 Å². The fourth-order valence-corrected chi connectivity index (χ4v) is 3.09. The lowest BCUT2D eigenvalue weighted by atomic mass is 9.86. The van der Waals surface area contributed by atoms with E-state index in [1.165, 1.54) is 51.6 Å². The van der Waals surface area contributed by atoms with E-state index in [4.69, 9.17) is 5.73 Å². The highest BCUT2D eigenvalue weighted by Crippen LogP contribution is 2.26. The first-order chi connectivity index (χ1) is 6.75. The van der Waals surface area contributed by atoms with Crippen molar-refractivity contribution in [1.82, 2.24) is 4.90 Å². The van der Waals surface area contributed by atoms with E-state index in [9.17, 15) is 0 Å². The second-order valence-corrected chi connectivity index (χ2v) is 5.28. The summed E-state index contributed by atoms with van der Waals surface area (Å²) < 4.78 is 0. The Morgan fingerprint density at radius 3 is 2.71 bits per heavy atom. The molecule has 2 nitrogen and oxygen atoms in total. The van der Waals surface area contributed by atoms with Crippen molar-refractivity contribution in [3.63, 3.8) is 0 Å². The van der Waals surface area contributed by atoms with Crippen molar-refractivity contribution in [3.05, 3.63) is 0 Å². The molecule has 1 aliphatic heterocycles. The molecule has 1 heterocycles. The van der Waals surface area contributed by atoms with Crippen molar-refractivity contribution in [1.29, 1.82) is 0 Å². The Kier molecular flexibility index (Phi) is 3.45. The molecule has 2 aliphatic rings. The average Bonchev–Trinajstić information content (AvgIpc) is 2.52. The van der Waals surface area contributed by atoms with Gasteiger partial charge in [-0.3, -0.25) is 0 Å². The lowest BCUT2D eigenvalue weighted by Crippen LogP contribution is -2.37. The van der Waals surface area contributed by atoms with Gasteiger partial charge in [-0.25, -0.2) is 0 Å². The van der Waals surface area contributed by atoms with Crippen LogP contribution in [0.1, 0.15) is 45.4 Å². The monoisotopic (exact) mass is 196 g/mol. The summed E-state index contributed by atoms with van der Waals surface area (Å²) in [5.74, 6) is 0.888. The zero-order chi connectivity index (χ0) is 9.97. The Labute approximate surface area is 87.8 Å². The third-order valence-electron chi connectivity index (χ3n) is 4.01. The average molecular weight is 196 g/mol. The SMILES string of the molecule is CC1CCCN1CC1CCCC(N)C1. The molecule has 3 atom stereocenters. The summed E-state index contributed by atoms with van der Waals surface area (Å²) in [5.41, 5.74) is 6.02. The van der Waals surface area contributed by atoms with Crippen molar-refractivity contribution < 1.29 is 0 Å². The molecule has 0 spiro atoms. The first-order valence-electron chi connectivity index (χ1n) is 6.25. The van der Waals surface area contributed by atoms with Crippen molar-refractivity contribution >= 4 is 0 Å².